The number of rotatable bonds is 3. The number of thiophene rings is 1. The van der Waals surface area contributed by atoms with Gasteiger partial charge >= 0.3 is 12.1 Å². The number of methoxy groups -OCH3 is 1. The van der Waals surface area contributed by atoms with Crippen molar-refractivity contribution in [2.24, 2.45) is 0 Å². The van der Waals surface area contributed by atoms with Gasteiger partial charge in [-0.05, 0) is 40.7 Å². The first kappa shape index (κ1) is 18.6. The van der Waals surface area contributed by atoms with E-state index in [2.05, 4.69) is 0 Å². The second kappa shape index (κ2) is 7.01. The highest BCUT2D eigenvalue weighted by atomic mass is 32.1. The third-order valence-corrected chi connectivity index (χ3v) is 4.66. The number of hydrogen-bond donors (Lipinski definition) is 0. The molecule has 0 unspecified atom stereocenters. The Morgan fingerprint density at radius 2 is 2.00 bits per heavy atom. The van der Waals surface area contributed by atoms with Crippen LogP contribution >= 0.6 is 11.3 Å². The minimum Gasteiger partial charge on any atom is -0.487 e. The lowest BCUT2D eigenvalue weighted by atomic mass is 10.2. The molecular formula is C17H25NO5S. The minimum absolute atomic E-state index is 0.0196. The molecule has 2 rings (SSSR count). The fourth-order valence-corrected chi connectivity index (χ4v) is 3.50. The highest BCUT2D eigenvalue weighted by Gasteiger charge is 2.37. The molecule has 1 aromatic rings. The summed E-state index contributed by atoms with van der Waals surface area (Å²) in [5, 5.41) is 0. The molecule has 0 N–H and O–H groups in total. The van der Waals surface area contributed by atoms with Gasteiger partial charge in [0, 0.05) is 17.3 Å². The van der Waals surface area contributed by atoms with Gasteiger partial charge < -0.3 is 19.1 Å². The topological polar surface area (TPSA) is 65.1 Å². The Balaban J connectivity index is 2.06. The molecule has 6 nitrogen and oxygen atoms in total. The summed E-state index contributed by atoms with van der Waals surface area (Å²) < 4.78 is 16.2. The summed E-state index contributed by atoms with van der Waals surface area (Å²) >= 11 is 1.34. The number of nitrogens with zero attached hydrogens (tertiary/aromatic N) is 1. The molecule has 0 spiro atoms. The molecular weight excluding hydrogens is 330 g/mol. The molecule has 7 heteroatoms. The highest BCUT2D eigenvalue weighted by Crippen LogP contribution is 2.32. The van der Waals surface area contributed by atoms with Crippen molar-refractivity contribution in [3.8, 4) is 5.75 Å². The highest BCUT2D eigenvalue weighted by molar-refractivity contribution is 7.14. The van der Waals surface area contributed by atoms with Gasteiger partial charge in [-0.15, -0.1) is 11.3 Å². The molecule has 2 heterocycles. The van der Waals surface area contributed by atoms with Gasteiger partial charge in [-0.2, -0.15) is 0 Å². The molecule has 1 fully saturated rings. The normalized spacial score (nSPS) is 20.8. The molecule has 24 heavy (non-hydrogen) atoms. The molecule has 0 radical (unpaired) electrons. The largest absolute Gasteiger partial charge is 0.487 e. The van der Waals surface area contributed by atoms with E-state index in [4.69, 9.17) is 14.2 Å². The maximum Gasteiger partial charge on any atom is 0.410 e. The predicted octanol–water partition coefficient (Wildman–Crippen LogP) is 3.62. The van der Waals surface area contributed by atoms with Crippen LogP contribution in [0.5, 0.6) is 5.75 Å². The Kier molecular flexibility index (Phi) is 5.42. The molecule has 2 atom stereocenters. The van der Waals surface area contributed by atoms with Crippen LogP contribution in [-0.2, 0) is 9.47 Å². The molecule has 1 aliphatic heterocycles. The van der Waals surface area contributed by atoms with Crippen LogP contribution in [0.1, 0.15) is 48.7 Å². The Morgan fingerprint density at radius 1 is 1.33 bits per heavy atom. The number of ether oxygens (including phenoxy) is 3. The SMILES string of the molecule is COC(=O)c1sc(C)cc1O[C@@H]1C[C@H](C)N(C(=O)OC(C)(C)C)C1. The summed E-state index contributed by atoms with van der Waals surface area (Å²) in [6, 6.07) is 1.85. The number of likely N-dealkylation sites (tertiary alicyclic amines) is 1. The molecule has 1 aromatic heterocycles. The van der Waals surface area contributed by atoms with Crippen LogP contribution in [0.25, 0.3) is 0 Å². The van der Waals surface area contributed by atoms with Gasteiger partial charge in [0.15, 0.2) is 4.88 Å². The van der Waals surface area contributed by atoms with Gasteiger partial charge in [0.25, 0.3) is 0 Å². The van der Waals surface area contributed by atoms with Gasteiger partial charge in [0.1, 0.15) is 17.5 Å². The first-order valence-corrected chi connectivity index (χ1v) is 8.77. The fraction of sp³-hybridized carbons (Fsp3) is 0.647. The lowest BCUT2D eigenvalue weighted by Gasteiger charge is -2.26. The molecule has 134 valence electrons. The van der Waals surface area contributed by atoms with E-state index in [1.54, 1.807) is 4.90 Å². The van der Waals surface area contributed by atoms with E-state index in [1.165, 1.54) is 18.4 Å². The lowest BCUT2D eigenvalue weighted by Crippen LogP contribution is -2.39. The van der Waals surface area contributed by atoms with E-state index in [0.29, 0.717) is 23.6 Å². The van der Waals surface area contributed by atoms with Gasteiger partial charge in [-0.3, -0.25) is 0 Å². The second-order valence-electron chi connectivity index (χ2n) is 7.00. The van der Waals surface area contributed by atoms with E-state index in [0.717, 1.165) is 4.88 Å². The first-order valence-electron chi connectivity index (χ1n) is 7.95. The van der Waals surface area contributed by atoms with Crippen LogP contribution in [0.3, 0.4) is 0 Å². The monoisotopic (exact) mass is 355 g/mol. The second-order valence-corrected chi connectivity index (χ2v) is 8.26. The third-order valence-electron chi connectivity index (χ3n) is 3.65. The number of carbonyl (C=O) groups excluding carboxylic acids is 2. The van der Waals surface area contributed by atoms with Crippen molar-refractivity contribution in [2.45, 2.75) is 58.8 Å². The van der Waals surface area contributed by atoms with Gasteiger partial charge in [-0.1, -0.05) is 0 Å². The van der Waals surface area contributed by atoms with Gasteiger partial charge in [-0.25, -0.2) is 9.59 Å². The minimum atomic E-state index is -0.529. The summed E-state index contributed by atoms with van der Waals surface area (Å²) in [7, 11) is 1.35. The molecule has 0 saturated carbocycles. The zero-order valence-corrected chi connectivity index (χ0v) is 15.9. The Bertz CT molecular complexity index is 619. The molecule has 0 bridgehead atoms. The number of hydrogen-bond acceptors (Lipinski definition) is 6. The molecule has 1 amide bonds. The van der Waals surface area contributed by atoms with E-state index in [1.807, 2.05) is 40.7 Å². The van der Waals surface area contributed by atoms with Crippen LogP contribution < -0.4 is 4.74 Å². The van der Waals surface area contributed by atoms with Crippen LogP contribution in [0.4, 0.5) is 4.79 Å². The van der Waals surface area contributed by atoms with Crippen LogP contribution in [0.2, 0.25) is 0 Å². The summed E-state index contributed by atoms with van der Waals surface area (Å²) in [5.74, 6) is 0.116. The van der Waals surface area contributed by atoms with Crippen LogP contribution in [0.15, 0.2) is 6.07 Å². The summed E-state index contributed by atoms with van der Waals surface area (Å²) in [5.41, 5.74) is -0.529. The third kappa shape index (κ3) is 4.41. The van der Waals surface area contributed by atoms with Crippen molar-refractivity contribution in [1.82, 2.24) is 4.90 Å². The Labute approximate surface area is 146 Å². The summed E-state index contributed by atoms with van der Waals surface area (Å²) in [6.07, 6.45) is 0.176. The van der Waals surface area contributed by atoms with Gasteiger partial charge in [0.05, 0.1) is 13.7 Å². The number of esters is 1. The van der Waals surface area contributed by atoms with Crippen molar-refractivity contribution < 1.29 is 23.8 Å². The predicted molar refractivity (Wildman–Crippen MR) is 91.8 cm³/mol. The standard InChI is InChI=1S/C17H25NO5S/c1-10-7-12(9-18(10)16(20)23-17(3,4)5)22-13-8-11(2)24-14(13)15(19)21-6/h8,10,12H,7,9H2,1-6H3/t10-,12+/m0/s1. The maximum absolute atomic E-state index is 12.3. The van der Waals surface area contributed by atoms with E-state index in [9.17, 15) is 9.59 Å². The lowest BCUT2D eigenvalue weighted by molar-refractivity contribution is 0.0223. The maximum atomic E-state index is 12.3. The van der Waals surface area contributed by atoms with Crippen molar-refractivity contribution in [1.29, 1.82) is 0 Å². The zero-order valence-electron chi connectivity index (χ0n) is 15.0. The molecule has 0 aromatic carbocycles. The first-order chi connectivity index (χ1) is 11.1. The smallest absolute Gasteiger partial charge is 0.410 e. The van der Waals surface area contributed by atoms with Crippen molar-refractivity contribution in [3.05, 3.63) is 15.8 Å². The average Bonchev–Trinajstić information content (AvgIpc) is 2.99. The number of aryl methyl sites for hydroxylation is 1. The Hall–Kier alpha value is -1.76. The van der Waals surface area contributed by atoms with Crippen molar-refractivity contribution in [2.75, 3.05) is 13.7 Å². The van der Waals surface area contributed by atoms with Crippen molar-refractivity contribution in [3.63, 3.8) is 0 Å². The van der Waals surface area contributed by atoms with Crippen molar-refractivity contribution >= 4 is 23.4 Å². The average molecular weight is 355 g/mol. The molecule has 1 aliphatic rings. The Morgan fingerprint density at radius 3 is 2.58 bits per heavy atom. The van der Waals surface area contributed by atoms with Gasteiger partial charge in [0.2, 0.25) is 0 Å². The summed E-state index contributed by atoms with van der Waals surface area (Å²) in [6.45, 7) is 9.84. The quantitative estimate of drug-likeness (QED) is 0.775. The van der Waals surface area contributed by atoms with E-state index >= 15 is 0 Å². The van der Waals surface area contributed by atoms with Crippen LogP contribution in [-0.4, -0.2) is 48.4 Å². The molecule has 0 aliphatic carbocycles. The fourth-order valence-electron chi connectivity index (χ4n) is 2.63. The van der Waals surface area contributed by atoms with Crippen LogP contribution in [0, 0.1) is 6.92 Å². The number of amides is 1. The molecule has 1 saturated heterocycles. The zero-order chi connectivity index (χ0) is 18.1. The van der Waals surface area contributed by atoms with E-state index in [-0.39, 0.29) is 18.2 Å². The number of carbonyl (C=O) groups is 2. The summed E-state index contributed by atoms with van der Waals surface area (Å²) in [4.78, 5) is 27.2. The van der Waals surface area contributed by atoms with E-state index < -0.39 is 11.6 Å².